The Bertz CT molecular complexity index is 252. The Labute approximate surface area is 211 Å². The van der Waals surface area contributed by atoms with E-state index in [1.54, 1.807) is 0 Å². The molecule has 0 radical (unpaired) electrons. The van der Waals surface area contributed by atoms with Crippen LogP contribution in [0.15, 0.2) is 0 Å². The summed E-state index contributed by atoms with van der Waals surface area (Å²) in [5.41, 5.74) is 20.4. The van der Waals surface area contributed by atoms with Gasteiger partial charge in [0, 0.05) is 0 Å². The predicted octanol–water partition coefficient (Wildman–Crippen LogP) is 2.00. The molecule has 0 saturated carbocycles. The number of aldehydes is 4. The fourth-order valence-corrected chi connectivity index (χ4v) is 0.385. The minimum Gasteiger partial charge on any atom is -0.322 e. The van der Waals surface area contributed by atoms with Gasteiger partial charge in [-0.3, -0.25) is 0 Å². The molecular formula is C16H40Br4N4O4. The Balaban J connectivity index is -0.0000000303. The molecule has 0 aromatic carbocycles. The number of rotatable bonds is 8. The largest absolute Gasteiger partial charge is 0.322 e. The quantitative estimate of drug-likeness (QED) is 0.284. The molecular weight excluding hydrogens is 632 g/mol. The van der Waals surface area contributed by atoms with Gasteiger partial charge in [-0.1, -0.05) is 27.7 Å². The topological polar surface area (TPSA) is 172 Å². The zero-order valence-electron chi connectivity index (χ0n) is 17.0. The highest BCUT2D eigenvalue weighted by molar-refractivity contribution is 8.93. The highest BCUT2D eigenvalue weighted by Gasteiger charge is 1.90. The zero-order valence-corrected chi connectivity index (χ0v) is 23.9. The molecule has 0 aliphatic rings. The fraction of sp³-hybridized carbons (Fsp3) is 0.750. The lowest BCUT2D eigenvalue weighted by molar-refractivity contribution is -0.109. The van der Waals surface area contributed by atoms with Crippen LogP contribution in [0.4, 0.5) is 0 Å². The minimum absolute atomic E-state index is 0. The molecule has 28 heavy (non-hydrogen) atoms. The molecule has 0 amide bonds. The maximum Gasteiger partial charge on any atom is 0.136 e. The third-order valence-corrected chi connectivity index (χ3v) is 2.58. The van der Waals surface area contributed by atoms with Crippen molar-refractivity contribution in [2.45, 2.75) is 77.5 Å². The van der Waals surface area contributed by atoms with Gasteiger partial charge >= 0.3 is 0 Å². The summed E-state index contributed by atoms with van der Waals surface area (Å²) in [6.07, 6.45) is 5.96. The molecule has 4 unspecified atom stereocenters. The van der Waals surface area contributed by atoms with Crippen LogP contribution in [0.3, 0.4) is 0 Å². The number of hydrogen-bond acceptors (Lipinski definition) is 8. The molecule has 0 bridgehead atoms. The van der Waals surface area contributed by atoms with Crippen LogP contribution in [0.5, 0.6) is 0 Å². The molecule has 0 aromatic rings. The summed E-state index contributed by atoms with van der Waals surface area (Å²) in [6.45, 7) is 7.50. The molecule has 0 aliphatic carbocycles. The van der Waals surface area contributed by atoms with E-state index in [-0.39, 0.29) is 92.1 Å². The summed E-state index contributed by atoms with van der Waals surface area (Å²) < 4.78 is 0. The molecule has 176 valence electrons. The van der Waals surface area contributed by atoms with E-state index < -0.39 is 0 Å². The second-order valence-electron chi connectivity index (χ2n) is 4.83. The van der Waals surface area contributed by atoms with Crippen molar-refractivity contribution in [2.24, 2.45) is 22.9 Å². The van der Waals surface area contributed by atoms with Crippen molar-refractivity contribution in [3.8, 4) is 0 Å². The maximum absolute atomic E-state index is 9.61. The molecule has 12 heteroatoms. The van der Waals surface area contributed by atoms with Crippen molar-refractivity contribution in [1.82, 2.24) is 0 Å². The third kappa shape index (κ3) is 63.3. The summed E-state index contributed by atoms with van der Waals surface area (Å²) in [7, 11) is 0. The van der Waals surface area contributed by atoms with Crippen molar-refractivity contribution in [3.05, 3.63) is 0 Å². The van der Waals surface area contributed by atoms with E-state index in [0.29, 0.717) is 0 Å². The highest BCUT2D eigenvalue weighted by Crippen LogP contribution is 1.76. The average molecular weight is 672 g/mol. The fourth-order valence-electron chi connectivity index (χ4n) is 0.385. The molecule has 0 heterocycles. The Kier molecular flexibility index (Phi) is 84.0. The van der Waals surface area contributed by atoms with Crippen molar-refractivity contribution >= 4 is 93.1 Å². The number of hydrogen-bond donors (Lipinski definition) is 4. The van der Waals surface area contributed by atoms with E-state index in [1.807, 2.05) is 27.7 Å². The van der Waals surface area contributed by atoms with Gasteiger partial charge in [0.05, 0.1) is 24.2 Å². The predicted molar refractivity (Wildman–Crippen MR) is 139 cm³/mol. The van der Waals surface area contributed by atoms with E-state index in [2.05, 4.69) is 0 Å². The summed E-state index contributed by atoms with van der Waals surface area (Å²) in [4.78, 5) is 38.4. The number of carbonyl (C=O) groups is 4. The molecule has 0 aliphatic heterocycles. The van der Waals surface area contributed by atoms with Gasteiger partial charge in [0.15, 0.2) is 0 Å². The number of halogens is 4. The van der Waals surface area contributed by atoms with Gasteiger partial charge in [-0.15, -0.1) is 67.9 Å². The summed E-state index contributed by atoms with van der Waals surface area (Å²) in [5.74, 6) is 0. The molecule has 0 spiro atoms. The lowest BCUT2D eigenvalue weighted by atomic mass is 10.3. The number of nitrogens with two attached hydrogens (primary N) is 4. The van der Waals surface area contributed by atoms with Gasteiger partial charge in [0.25, 0.3) is 0 Å². The first kappa shape index (κ1) is 51.3. The Morgan fingerprint density at radius 3 is 0.571 bits per heavy atom. The highest BCUT2D eigenvalue weighted by atomic mass is 79.9. The molecule has 4 atom stereocenters. The van der Waals surface area contributed by atoms with Crippen LogP contribution in [0, 0.1) is 0 Å². The van der Waals surface area contributed by atoms with Gasteiger partial charge in [-0.05, 0) is 25.7 Å². The molecule has 8 N–H and O–H groups in total. The van der Waals surface area contributed by atoms with Gasteiger partial charge in [0.2, 0.25) is 0 Å². The van der Waals surface area contributed by atoms with E-state index in [0.717, 1.165) is 50.8 Å². The van der Waals surface area contributed by atoms with Gasteiger partial charge < -0.3 is 42.1 Å². The smallest absolute Gasteiger partial charge is 0.136 e. The van der Waals surface area contributed by atoms with Crippen LogP contribution in [0.25, 0.3) is 0 Å². The van der Waals surface area contributed by atoms with Crippen molar-refractivity contribution < 1.29 is 19.2 Å². The molecule has 8 nitrogen and oxygen atoms in total. The lowest BCUT2D eigenvalue weighted by Gasteiger charge is -1.90. The average Bonchev–Trinajstić information content (AvgIpc) is 2.66. The van der Waals surface area contributed by atoms with Crippen LogP contribution >= 0.6 is 67.9 Å². The second-order valence-corrected chi connectivity index (χ2v) is 4.83. The first-order valence-corrected chi connectivity index (χ1v) is 8.07. The van der Waals surface area contributed by atoms with Gasteiger partial charge in [0.1, 0.15) is 25.1 Å². The van der Waals surface area contributed by atoms with E-state index >= 15 is 0 Å². The van der Waals surface area contributed by atoms with Crippen molar-refractivity contribution in [2.75, 3.05) is 0 Å². The number of carbonyl (C=O) groups excluding carboxylic acids is 4. The molecule has 0 saturated heterocycles. The SMILES string of the molecule is Br.Br.Br.Br.CCC(N)C=O.CCC(N)C=O.CCC(N)C=O.CCC(N)C=O. The normalized spacial score (nSPS) is 11.7. The van der Waals surface area contributed by atoms with Crippen LogP contribution < -0.4 is 22.9 Å². The first-order valence-electron chi connectivity index (χ1n) is 8.07. The lowest BCUT2D eigenvalue weighted by Crippen LogP contribution is -2.19. The Morgan fingerprint density at radius 2 is 0.571 bits per heavy atom. The molecule has 0 fully saturated rings. The van der Waals surface area contributed by atoms with Crippen molar-refractivity contribution in [3.63, 3.8) is 0 Å². The van der Waals surface area contributed by atoms with Crippen LogP contribution in [0.1, 0.15) is 53.4 Å². The second kappa shape index (κ2) is 45.9. The first-order chi connectivity index (χ1) is 11.2. The standard InChI is InChI=1S/4C4H9NO.4BrH/c4*1-2-4(5)3-6;;;;/h4*3-4H,2,5H2,1H3;4*1H. The zero-order chi connectivity index (χ0) is 20.0. The van der Waals surface area contributed by atoms with Gasteiger partial charge in [-0.25, -0.2) is 0 Å². The molecule has 0 aromatic heterocycles. The summed E-state index contributed by atoms with van der Waals surface area (Å²) >= 11 is 0. The van der Waals surface area contributed by atoms with Crippen LogP contribution in [-0.4, -0.2) is 49.3 Å². The molecule has 0 rings (SSSR count). The third-order valence-electron chi connectivity index (χ3n) is 2.58. The summed E-state index contributed by atoms with van der Waals surface area (Å²) in [5, 5.41) is 0. The van der Waals surface area contributed by atoms with E-state index in [1.165, 1.54) is 0 Å². The van der Waals surface area contributed by atoms with E-state index in [9.17, 15) is 19.2 Å². The van der Waals surface area contributed by atoms with Crippen LogP contribution in [0.2, 0.25) is 0 Å². The minimum atomic E-state index is -0.245. The van der Waals surface area contributed by atoms with E-state index in [4.69, 9.17) is 22.9 Å². The Hall–Kier alpha value is 0.440. The van der Waals surface area contributed by atoms with Crippen molar-refractivity contribution in [1.29, 1.82) is 0 Å². The maximum atomic E-state index is 9.61. The van der Waals surface area contributed by atoms with Gasteiger partial charge in [-0.2, -0.15) is 0 Å². The monoisotopic (exact) mass is 668 g/mol. The Morgan fingerprint density at radius 1 is 0.464 bits per heavy atom. The summed E-state index contributed by atoms with van der Waals surface area (Å²) in [6, 6.07) is -0.981. The van der Waals surface area contributed by atoms with Crippen LogP contribution in [-0.2, 0) is 19.2 Å².